The molecule has 248 valence electrons. The Morgan fingerprint density at radius 2 is 0.792 bits per heavy atom. The van der Waals surface area contributed by atoms with Gasteiger partial charge < -0.3 is 0 Å². The van der Waals surface area contributed by atoms with Gasteiger partial charge in [0.2, 0.25) is 0 Å². The van der Waals surface area contributed by atoms with Gasteiger partial charge in [-0.2, -0.15) is 0 Å². The van der Waals surface area contributed by atoms with Crippen molar-refractivity contribution >= 4 is 10.8 Å². The van der Waals surface area contributed by atoms with E-state index in [-0.39, 0.29) is 0 Å². The standard InChI is InChI=1S/C50H33N3/c1-4-17-35(18-5-1)47-51-48(53-49(52-47)44-26-13-12-24-41(44)37-29-28-34-16-10-11-19-36(34)32-37)38-30-31-43-42-25-14-15-27-45(42)50(46(43)33-38,39-20-6-2-7-21-39)40-22-8-3-9-23-40/h1-33H. The lowest BCUT2D eigenvalue weighted by molar-refractivity contribution is 0.768. The Labute approximate surface area is 309 Å². The van der Waals surface area contributed by atoms with Gasteiger partial charge >= 0.3 is 0 Å². The predicted octanol–water partition coefficient (Wildman–Crippen LogP) is 12.1. The minimum atomic E-state index is -0.523. The van der Waals surface area contributed by atoms with Gasteiger partial charge in [-0.25, -0.2) is 15.0 Å². The summed E-state index contributed by atoms with van der Waals surface area (Å²) in [5, 5.41) is 2.41. The molecule has 0 aliphatic heterocycles. The third-order valence-corrected chi connectivity index (χ3v) is 10.6. The maximum atomic E-state index is 5.29. The van der Waals surface area contributed by atoms with Crippen LogP contribution >= 0.6 is 0 Å². The molecule has 0 amide bonds. The van der Waals surface area contributed by atoms with Crippen molar-refractivity contribution in [3.05, 3.63) is 222 Å². The van der Waals surface area contributed by atoms with Crippen LogP contribution in [0.3, 0.4) is 0 Å². The Morgan fingerprint density at radius 3 is 1.51 bits per heavy atom. The van der Waals surface area contributed by atoms with Crippen LogP contribution in [-0.2, 0) is 5.41 Å². The van der Waals surface area contributed by atoms with Gasteiger partial charge in [-0.3, -0.25) is 0 Å². The van der Waals surface area contributed by atoms with Crippen LogP contribution in [0, 0.1) is 0 Å². The van der Waals surface area contributed by atoms with E-state index in [0.29, 0.717) is 17.5 Å². The van der Waals surface area contributed by atoms with Crippen molar-refractivity contribution in [1.29, 1.82) is 0 Å². The van der Waals surface area contributed by atoms with Gasteiger partial charge in [0.15, 0.2) is 17.5 Å². The van der Waals surface area contributed by atoms with Crippen molar-refractivity contribution in [2.75, 3.05) is 0 Å². The molecule has 0 bridgehead atoms. The number of benzene rings is 8. The Hall–Kier alpha value is -6.97. The van der Waals surface area contributed by atoms with Gasteiger partial charge in [0, 0.05) is 16.7 Å². The third kappa shape index (κ3) is 5.09. The molecule has 1 heterocycles. The van der Waals surface area contributed by atoms with E-state index >= 15 is 0 Å². The van der Waals surface area contributed by atoms with Gasteiger partial charge in [-0.15, -0.1) is 0 Å². The predicted molar refractivity (Wildman–Crippen MR) is 216 cm³/mol. The van der Waals surface area contributed by atoms with Crippen molar-refractivity contribution in [1.82, 2.24) is 15.0 Å². The van der Waals surface area contributed by atoms with Gasteiger partial charge in [-0.1, -0.05) is 188 Å². The van der Waals surface area contributed by atoms with Crippen molar-refractivity contribution in [2.45, 2.75) is 5.41 Å². The summed E-state index contributed by atoms with van der Waals surface area (Å²) in [5.41, 5.74) is 11.9. The molecule has 0 spiro atoms. The number of rotatable bonds is 6. The Morgan fingerprint density at radius 1 is 0.283 bits per heavy atom. The Balaban J connectivity index is 1.21. The summed E-state index contributed by atoms with van der Waals surface area (Å²) >= 11 is 0. The van der Waals surface area contributed by atoms with Crippen LogP contribution in [-0.4, -0.2) is 15.0 Å². The van der Waals surface area contributed by atoms with Crippen LogP contribution in [0.4, 0.5) is 0 Å². The first kappa shape index (κ1) is 30.8. The van der Waals surface area contributed by atoms with Gasteiger partial charge in [0.25, 0.3) is 0 Å². The molecule has 9 aromatic rings. The highest BCUT2D eigenvalue weighted by Crippen LogP contribution is 2.56. The molecule has 3 nitrogen and oxygen atoms in total. The second-order valence-corrected chi connectivity index (χ2v) is 13.6. The summed E-state index contributed by atoms with van der Waals surface area (Å²) in [7, 11) is 0. The van der Waals surface area contributed by atoms with E-state index < -0.39 is 5.41 Å². The fourth-order valence-electron chi connectivity index (χ4n) is 8.21. The monoisotopic (exact) mass is 675 g/mol. The third-order valence-electron chi connectivity index (χ3n) is 10.6. The second-order valence-electron chi connectivity index (χ2n) is 13.6. The number of aromatic nitrogens is 3. The quantitative estimate of drug-likeness (QED) is 0.176. The molecule has 8 aromatic carbocycles. The molecule has 0 saturated heterocycles. The van der Waals surface area contributed by atoms with Crippen molar-refractivity contribution in [2.24, 2.45) is 0 Å². The smallest absolute Gasteiger partial charge is 0.164 e. The lowest BCUT2D eigenvalue weighted by atomic mass is 9.67. The summed E-state index contributed by atoms with van der Waals surface area (Å²) in [5.74, 6) is 1.91. The molecule has 0 N–H and O–H groups in total. The molecule has 0 fully saturated rings. The van der Waals surface area contributed by atoms with Crippen LogP contribution in [0.15, 0.2) is 200 Å². The zero-order valence-corrected chi connectivity index (χ0v) is 28.9. The highest BCUT2D eigenvalue weighted by atomic mass is 15.0. The molecule has 1 aromatic heterocycles. The molecule has 1 aliphatic rings. The highest BCUT2D eigenvalue weighted by molar-refractivity contribution is 5.91. The average molecular weight is 676 g/mol. The zero-order valence-electron chi connectivity index (χ0n) is 28.9. The topological polar surface area (TPSA) is 38.7 Å². The first-order chi connectivity index (χ1) is 26.3. The number of hydrogen-bond donors (Lipinski definition) is 0. The minimum absolute atomic E-state index is 0.523. The number of nitrogens with zero attached hydrogens (tertiary/aromatic N) is 3. The van der Waals surface area contributed by atoms with E-state index in [1.165, 1.54) is 44.2 Å². The summed E-state index contributed by atoms with van der Waals surface area (Å²) in [6, 6.07) is 71.1. The van der Waals surface area contributed by atoms with E-state index in [4.69, 9.17) is 15.0 Å². The van der Waals surface area contributed by atoms with Gasteiger partial charge in [0.05, 0.1) is 5.41 Å². The van der Waals surface area contributed by atoms with E-state index in [9.17, 15) is 0 Å². The van der Waals surface area contributed by atoms with Crippen LogP contribution in [0.25, 0.3) is 67.2 Å². The van der Waals surface area contributed by atoms with Crippen molar-refractivity contribution in [3.8, 4) is 56.4 Å². The highest BCUT2D eigenvalue weighted by Gasteiger charge is 2.46. The van der Waals surface area contributed by atoms with Crippen LogP contribution in [0.1, 0.15) is 22.3 Å². The van der Waals surface area contributed by atoms with Crippen molar-refractivity contribution < 1.29 is 0 Å². The molecule has 0 radical (unpaired) electrons. The summed E-state index contributed by atoms with van der Waals surface area (Å²) in [6.07, 6.45) is 0. The average Bonchev–Trinajstić information content (AvgIpc) is 3.54. The molecule has 0 saturated carbocycles. The van der Waals surface area contributed by atoms with Crippen molar-refractivity contribution in [3.63, 3.8) is 0 Å². The van der Waals surface area contributed by atoms with E-state index in [1.807, 2.05) is 18.2 Å². The molecule has 1 aliphatic carbocycles. The normalized spacial score (nSPS) is 12.7. The second kappa shape index (κ2) is 12.7. The Kier molecular flexibility index (Phi) is 7.36. The van der Waals surface area contributed by atoms with Gasteiger partial charge in [0.1, 0.15) is 0 Å². The molecule has 53 heavy (non-hydrogen) atoms. The SMILES string of the molecule is c1ccc(-c2nc(-c3ccc4c(c3)C(c3ccccc3)(c3ccccc3)c3ccccc3-4)nc(-c3ccccc3-c3ccc4ccccc4c3)n2)cc1. The summed E-state index contributed by atoms with van der Waals surface area (Å²) in [6.45, 7) is 0. The molecule has 10 rings (SSSR count). The molecule has 0 unspecified atom stereocenters. The lowest BCUT2D eigenvalue weighted by Gasteiger charge is -2.34. The minimum Gasteiger partial charge on any atom is -0.208 e. The van der Waals surface area contributed by atoms with E-state index in [2.05, 4.69) is 182 Å². The summed E-state index contributed by atoms with van der Waals surface area (Å²) < 4.78 is 0. The fourth-order valence-corrected chi connectivity index (χ4v) is 8.21. The fraction of sp³-hybridized carbons (Fsp3) is 0.0200. The van der Waals surface area contributed by atoms with Crippen LogP contribution < -0.4 is 0 Å². The van der Waals surface area contributed by atoms with E-state index in [1.54, 1.807) is 0 Å². The maximum absolute atomic E-state index is 5.29. The number of fused-ring (bicyclic) bond motifs is 4. The summed E-state index contributed by atoms with van der Waals surface area (Å²) in [4.78, 5) is 15.6. The van der Waals surface area contributed by atoms with Gasteiger partial charge in [-0.05, 0) is 67.4 Å². The van der Waals surface area contributed by atoms with E-state index in [0.717, 1.165) is 27.8 Å². The molecular formula is C50H33N3. The first-order valence-corrected chi connectivity index (χ1v) is 18.0. The van der Waals surface area contributed by atoms with Crippen LogP contribution in [0.5, 0.6) is 0 Å². The molecule has 3 heteroatoms. The molecular weight excluding hydrogens is 643 g/mol. The number of hydrogen-bond acceptors (Lipinski definition) is 3. The zero-order chi connectivity index (χ0) is 35.2. The largest absolute Gasteiger partial charge is 0.208 e. The maximum Gasteiger partial charge on any atom is 0.164 e. The molecule has 0 atom stereocenters. The first-order valence-electron chi connectivity index (χ1n) is 18.0. The van der Waals surface area contributed by atoms with Crippen LogP contribution in [0.2, 0.25) is 0 Å². The Bertz CT molecular complexity index is 2740. The lowest BCUT2D eigenvalue weighted by Crippen LogP contribution is -2.28.